The number of nitrogen functional groups attached to an aromatic ring is 1. The Bertz CT molecular complexity index is 1250. The van der Waals surface area contributed by atoms with E-state index in [2.05, 4.69) is 33.3 Å². The molecule has 36 heavy (non-hydrogen) atoms. The molecule has 3 aromatic heterocycles. The fourth-order valence-electron chi connectivity index (χ4n) is 4.46. The van der Waals surface area contributed by atoms with Crippen molar-refractivity contribution in [2.75, 3.05) is 63.1 Å². The first-order valence-electron chi connectivity index (χ1n) is 12.0. The van der Waals surface area contributed by atoms with E-state index in [-0.39, 0.29) is 11.9 Å². The SMILES string of the molecule is C=C[C@H](O)C(=O)N1CCN(Cc2sc3c(N4CCOCC4)nc(-c4cnc(N)nc4)nc3c2C)CC1. The number of aliphatic hydroxyl groups is 1. The Hall–Kier alpha value is -3.19. The van der Waals surface area contributed by atoms with Gasteiger partial charge in [0.1, 0.15) is 0 Å². The first-order valence-corrected chi connectivity index (χ1v) is 12.8. The highest BCUT2D eigenvalue weighted by atomic mass is 32.1. The third-order valence-electron chi connectivity index (χ3n) is 6.61. The van der Waals surface area contributed by atoms with Gasteiger partial charge in [-0.25, -0.2) is 19.9 Å². The summed E-state index contributed by atoms with van der Waals surface area (Å²) in [5, 5.41) is 9.79. The number of aryl methyl sites for hydroxylation is 1. The minimum atomic E-state index is -1.14. The normalized spacial score (nSPS) is 17.9. The molecule has 1 atom stereocenters. The van der Waals surface area contributed by atoms with Crippen LogP contribution in [-0.2, 0) is 16.1 Å². The monoisotopic (exact) mass is 510 g/mol. The van der Waals surface area contributed by atoms with Gasteiger partial charge in [0.25, 0.3) is 5.91 Å². The van der Waals surface area contributed by atoms with Crippen molar-refractivity contribution >= 4 is 39.2 Å². The Morgan fingerprint density at radius 3 is 2.56 bits per heavy atom. The van der Waals surface area contributed by atoms with Crippen molar-refractivity contribution in [3.05, 3.63) is 35.5 Å². The summed E-state index contributed by atoms with van der Waals surface area (Å²) in [6.07, 6.45) is 3.44. The van der Waals surface area contributed by atoms with Gasteiger partial charge in [-0.3, -0.25) is 9.69 Å². The third-order valence-corrected chi connectivity index (χ3v) is 7.88. The van der Waals surface area contributed by atoms with Gasteiger partial charge in [-0.2, -0.15) is 0 Å². The third kappa shape index (κ3) is 4.89. The number of hydrogen-bond donors (Lipinski definition) is 2. The second-order valence-corrected chi connectivity index (χ2v) is 10.0. The van der Waals surface area contributed by atoms with E-state index in [1.807, 2.05) is 0 Å². The molecule has 12 heteroatoms. The maximum Gasteiger partial charge on any atom is 0.255 e. The predicted molar refractivity (Wildman–Crippen MR) is 139 cm³/mol. The van der Waals surface area contributed by atoms with Gasteiger partial charge in [-0.1, -0.05) is 12.7 Å². The van der Waals surface area contributed by atoms with Gasteiger partial charge in [0.05, 0.1) is 29.0 Å². The minimum absolute atomic E-state index is 0.211. The van der Waals surface area contributed by atoms with Crippen LogP contribution in [-0.4, -0.2) is 99.3 Å². The number of aromatic nitrogens is 4. The van der Waals surface area contributed by atoms with Crippen LogP contribution in [0.5, 0.6) is 0 Å². The van der Waals surface area contributed by atoms with E-state index in [1.165, 1.54) is 11.0 Å². The molecule has 190 valence electrons. The number of thiophene rings is 1. The minimum Gasteiger partial charge on any atom is -0.379 e. The molecule has 0 aliphatic carbocycles. The predicted octanol–water partition coefficient (Wildman–Crippen LogP) is 1.07. The summed E-state index contributed by atoms with van der Waals surface area (Å²) in [5.41, 5.74) is 8.46. The van der Waals surface area contributed by atoms with E-state index in [4.69, 9.17) is 20.4 Å². The van der Waals surface area contributed by atoms with Crippen LogP contribution in [0.2, 0.25) is 0 Å². The summed E-state index contributed by atoms with van der Waals surface area (Å²) in [6, 6.07) is 0. The lowest BCUT2D eigenvalue weighted by molar-refractivity contribution is -0.139. The number of anilines is 2. The van der Waals surface area contributed by atoms with Crippen molar-refractivity contribution < 1.29 is 14.6 Å². The van der Waals surface area contributed by atoms with Crippen LogP contribution in [0.3, 0.4) is 0 Å². The average Bonchev–Trinajstić information content (AvgIpc) is 3.23. The number of rotatable bonds is 6. The van der Waals surface area contributed by atoms with E-state index in [0.717, 1.165) is 59.9 Å². The Balaban J connectivity index is 1.43. The highest BCUT2D eigenvalue weighted by Gasteiger charge is 2.27. The summed E-state index contributed by atoms with van der Waals surface area (Å²) < 4.78 is 6.63. The molecule has 2 aliphatic rings. The maximum absolute atomic E-state index is 12.3. The fourth-order valence-corrected chi connectivity index (χ4v) is 5.76. The Kier molecular flexibility index (Phi) is 7.10. The number of ether oxygens (including phenoxy) is 1. The van der Waals surface area contributed by atoms with Gasteiger partial charge in [0.15, 0.2) is 17.7 Å². The molecular formula is C24H30N8O3S. The lowest BCUT2D eigenvalue weighted by Gasteiger charge is -2.35. The lowest BCUT2D eigenvalue weighted by atomic mass is 10.2. The Morgan fingerprint density at radius 1 is 1.19 bits per heavy atom. The number of fused-ring (bicyclic) bond motifs is 1. The zero-order valence-corrected chi connectivity index (χ0v) is 21.1. The molecule has 5 rings (SSSR count). The second kappa shape index (κ2) is 10.4. The molecule has 0 spiro atoms. The molecule has 3 aromatic rings. The molecule has 5 heterocycles. The van der Waals surface area contributed by atoms with Gasteiger partial charge in [0.2, 0.25) is 5.95 Å². The molecular weight excluding hydrogens is 480 g/mol. The molecule has 2 saturated heterocycles. The summed E-state index contributed by atoms with van der Waals surface area (Å²) >= 11 is 1.73. The van der Waals surface area contributed by atoms with Crippen molar-refractivity contribution in [1.29, 1.82) is 0 Å². The van der Waals surface area contributed by atoms with Crippen molar-refractivity contribution in [3.63, 3.8) is 0 Å². The first-order chi connectivity index (χ1) is 17.4. The Labute approximate surface area is 213 Å². The van der Waals surface area contributed by atoms with Gasteiger partial charge in [0, 0.05) is 63.1 Å². The van der Waals surface area contributed by atoms with E-state index in [1.54, 1.807) is 28.6 Å². The van der Waals surface area contributed by atoms with E-state index >= 15 is 0 Å². The fraction of sp³-hybridized carbons (Fsp3) is 0.458. The number of aliphatic hydroxyl groups excluding tert-OH is 1. The van der Waals surface area contributed by atoms with E-state index in [0.29, 0.717) is 32.1 Å². The molecule has 2 aliphatic heterocycles. The Morgan fingerprint density at radius 2 is 1.89 bits per heavy atom. The number of morpholine rings is 1. The molecule has 0 aromatic carbocycles. The quantitative estimate of drug-likeness (QED) is 0.464. The topological polar surface area (TPSA) is 134 Å². The summed E-state index contributed by atoms with van der Waals surface area (Å²) in [5.74, 6) is 1.41. The van der Waals surface area contributed by atoms with Crippen LogP contribution < -0.4 is 10.6 Å². The van der Waals surface area contributed by atoms with Crippen LogP contribution in [0, 0.1) is 6.92 Å². The summed E-state index contributed by atoms with van der Waals surface area (Å²) in [6.45, 7) is 11.9. The first kappa shape index (κ1) is 24.5. The second-order valence-electron chi connectivity index (χ2n) is 8.91. The van der Waals surface area contributed by atoms with E-state index < -0.39 is 6.10 Å². The van der Waals surface area contributed by atoms with Crippen molar-refractivity contribution in [3.8, 4) is 11.4 Å². The summed E-state index contributed by atoms with van der Waals surface area (Å²) in [4.78, 5) is 37.9. The lowest BCUT2D eigenvalue weighted by Crippen LogP contribution is -2.50. The number of piperazine rings is 1. The average molecular weight is 511 g/mol. The van der Waals surface area contributed by atoms with Gasteiger partial charge in [-0.15, -0.1) is 11.3 Å². The maximum atomic E-state index is 12.3. The number of nitrogens with two attached hydrogens (primary N) is 1. The summed E-state index contributed by atoms with van der Waals surface area (Å²) in [7, 11) is 0. The highest BCUT2D eigenvalue weighted by molar-refractivity contribution is 7.19. The zero-order valence-electron chi connectivity index (χ0n) is 20.3. The van der Waals surface area contributed by atoms with Gasteiger partial charge >= 0.3 is 0 Å². The highest BCUT2D eigenvalue weighted by Crippen LogP contribution is 2.38. The van der Waals surface area contributed by atoms with Crippen LogP contribution >= 0.6 is 11.3 Å². The number of nitrogens with zero attached hydrogens (tertiary/aromatic N) is 7. The molecule has 2 fully saturated rings. The van der Waals surface area contributed by atoms with Crippen LogP contribution in [0.4, 0.5) is 11.8 Å². The number of carbonyl (C=O) groups is 1. The van der Waals surface area contributed by atoms with Gasteiger partial charge in [-0.05, 0) is 12.5 Å². The number of amides is 1. The molecule has 0 radical (unpaired) electrons. The molecule has 3 N–H and O–H groups in total. The zero-order chi connectivity index (χ0) is 25.2. The molecule has 11 nitrogen and oxygen atoms in total. The largest absolute Gasteiger partial charge is 0.379 e. The molecule has 0 unspecified atom stereocenters. The molecule has 0 bridgehead atoms. The van der Waals surface area contributed by atoms with Crippen molar-refractivity contribution in [2.45, 2.75) is 19.6 Å². The smallest absolute Gasteiger partial charge is 0.255 e. The van der Waals surface area contributed by atoms with Crippen LogP contribution in [0.1, 0.15) is 10.4 Å². The standard InChI is InChI=1S/C24H30N8O3S/c1-3-17(33)23(34)32-6-4-30(5-7-32)14-18-15(2)19-20(36-18)22(31-8-10-35-11-9-31)29-21(28-19)16-12-26-24(25)27-13-16/h3,12-13,17,33H,1,4-11,14H2,2H3,(H2,25,26,27)/t17-/m0/s1. The van der Waals surface area contributed by atoms with Gasteiger partial charge < -0.3 is 25.4 Å². The molecule has 1 amide bonds. The number of carbonyl (C=O) groups excluding carboxylic acids is 1. The van der Waals surface area contributed by atoms with Crippen LogP contribution in [0.25, 0.3) is 21.6 Å². The molecule has 0 saturated carbocycles. The number of hydrogen-bond acceptors (Lipinski definition) is 11. The van der Waals surface area contributed by atoms with Crippen molar-refractivity contribution in [1.82, 2.24) is 29.7 Å². The van der Waals surface area contributed by atoms with Crippen molar-refractivity contribution in [2.24, 2.45) is 0 Å². The van der Waals surface area contributed by atoms with Crippen LogP contribution in [0.15, 0.2) is 25.0 Å². The van der Waals surface area contributed by atoms with E-state index in [9.17, 15) is 9.90 Å².